The van der Waals surface area contributed by atoms with E-state index in [4.69, 9.17) is 11.6 Å². The van der Waals surface area contributed by atoms with Gasteiger partial charge in [0.2, 0.25) is 0 Å². The van der Waals surface area contributed by atoms with Gasteiger partial charge in [0, 0.05) is 37.3 Å². The highest BCUT2D eigenvalue weighted by Gasteiger charge is 2.04. The lowest BCUT2D eigenvalue weighted by atomic mass is 10.1. The standard InChI is InChI=1S/C21H27ClN4O.HI/c1-3-24-21(26-14-12-17-8-4-5-10-19(17)22)25-13-11-16-7-6-9-18(15-16)20(27)23-2;/h4-10,15H,3,11-14H2,1-2H3,(H,23,27)(H2,24,25,26);1H. The molecule has 152 valence electrons. The molecule has 0 atom stereocenters. The van der Waals surface area contributed by atoms with Gasteiger partial charge in [0.05, 0.1) is 0 Å². The molecule has 3 N–H and O–H groups in total. The van der Waals surface area contributed by atoms with Gasteiger partial charge in [0.25, 0.3) is 5.91 Å². The third-order valence-corrected chi connectivity index (χ3v) is 4.44. The molecule has 1 amide bonds. The minimum absolute atomic E-state index is 0. The van der Waals surface area contributed by atoms with Crippen LogP contribution in [0.4, 0.5) is 0 Å². The van der Waals surface area contributed by atoms with Crippen LogP contribution in [0.5, 0.6) is 0 Å². The maximum Gasteiger partial charge on any atom is 0.251 e. The second-order valence-electron chi connectivity index (χ2n) is 6.06. The van der Waals surface area contributed by atoms with E-state index >= 15 is 0 Å². The predicted octanol–water partition coefficient (Wildman–Crippen LogP) is 3.66. The van der Waals surface area contributed by atoms with Crippen LogP contribution in [0.15, 0.2) is 53.5 Å². The third-order valence-electron chi connectivity index (χ3n) is 4.08. The van der Waals surface area contributed by atoms with Crippen molar-refractivity contribution in [3.05, 3.63) is 70.2 Å². The average molecular weight is 515 g/mol. The van der Waals surface area contributed by atoms with Gasteiger partial charge in [0.15, 0.2) is 5.96 Å². The molecule has 0 spiro atoms. The highest BCUT2D eigenvalue weighted by atomic mass is 127. The summed E-state index contributed by atoms with van der Waals surface area (Å²) in [5.41, 5.74) is 2.88. The fraction of sp³-hybridized carbons (Fsp3) is 0.333. The van der Waals surface area contributed by atoms with Crippen molar-refractivity contribution in [3.8, 4) is 0 Å². The zero-order valence-corrected chi connectivity index (χ0v) is 19.4. The first-order valence-electron chi connectivity index (χ1n) is 9.20. The molecule has 0 aliphatic rings. The average Bonchev–Trinajstić information content (AvgIpc) is 2.69. The largest absolute Gasteiger partial charge is 0.357 e. The monoisotopic (exact) mass is 514 g/mol. The summed E-state index contributed by atoms with van der Waals surface area (Å²) < 4.78 is 0. The van der Waals surface area contributed by atoms with Crippen molar-refractivity contribution in [2.75, 3.05) is 26.7 Å². The molecule has 5 nitrogen and oxygen atoms in total. The molecule has 0 radical (unpaired) electrons. The molecule has 2 aromatic carbocycles. The number of hydrogen-bond donors (Lipinski definition) is 3. The Morgan fingerprint density at radius 3 is 2.57 bits per heavy atom. The molecule has 0 aliphatic heterocycles. The summed E-state index contributed by atoms with van der Waals surface area (Å²) in [5, 5.41) is 10.0. The summed E-state index contributed by atoms with van der Waals surface area (Å²) in [5.74, 6) is 0.714. The number of aliphatic imine (C=N–C) groups is 1. The van der Waals surface area contributed by atoms with Gasteiger partial charge in [-0.1, -0.05) is 41.9 Å². The Balaban J connectivity index is 0.00000392. The molecule has 0 saturated carbocycles. The van der Waals surface area contributed by atoms with Crippen molar-refractivity contribution in [1.29, 1.82) is 0 Å². The molecule has 2 aromatic rings. The van der Waals surface area contributed by atoms with Gasteiger partial charge in [-0.3, -0.25) is 9.79 Å². The molecule has 0 aromatic heterocycles. The van der Waals surface area contributed by atoms with Gasteiger partial charge in [-0.05, 0) is 49.1 Å². The minimum Gasteiger partial charge on any atom is -0.357 e. The number of hydrogen-bond acceptors (Lipinski definition) is 2. The maximum absolute atomic E-state index is 11.7. The molecule has 0 unspecified atom stereocenters. The molecule has 0 saturated heterocycles. The van der Waals surface area contributed by atoms with Crippen molar-refractivity contribution in [2.45, 2.75) is 19.8 Å². The molecule has 0 aliphatic carbocycles. The summed E-state index contributed by atoms with van der Waals surface area (Å²) >= 11 is 6.19. The number of nitrogens with zero attached hydrogens (tertiary/aromatic N) is 1. The highest BCUT2D eigenvalue weighted by molar-refractivity contribution is 14.0. The normalized spacial score (nSPS) is 10.8. The van der Waals surface area contributed by atoms with Crippen LogP contribution in [-0.2, 0) is 12.8 Å². The zero-order valence-electron chi connectivity index (χ0n) is 16.3. The van der Waals surface area contributed by atoms with Crippen molar-refractivity contribution in [2.24, 2.45) is 4.99 Å². The fourth-order valence-corrected chi connectivity index (χ4v) is 2.90. The van der Waals surface area contributed by atoms with E-state index in [0.717, 1.165) is 48.0 Å². The van der Waals surface area contributed by atoms with Crippen LogP contribution < -0.4 is 16.0 Å². The van der Waals surface area contributed by atoms with Crippen LogP contribution in [0.3, 0.4) is 0 Å². The summed E-state index contributed by atoms with van der Waals surface area (Å²) in [4.78, 5) is 16.3. The smallest absolute Gasteiger partial charge is 0.251 e. The molecule has 0 bridgehead atoms. The van der Waals surface area contributed by atoms with Crippen molar-refractivity contribution in [3.63, 3.8) is 0 Å². The van der Waals surface area contributed by atoms with Crippen LogP contribution in [0.25, 0.3) is 0 Å². The number of carbonyl (C=O) groups is 1. The van der Waals surface area contributed by atoms with Crippen molar-refractivity contribution in [1.82, 2.24) is 16.0 Å². The van der Waals surface area contributed by atoms with Gasteiger partial charge < -0.3 is 16.0 Å². The zero-order chi connectivity index (χ0) is 19.5. The first-order chi connectivity index (χ1) is 13.1. The van der Waals surface area contributed by atoms with E-state index in [0.29, 0.717) is 12.1 Å². The van der Waals surface area contributed by atoms with Gasteiger partial charge in [0.1, 0.15) is 0 Å². The van der Waals surface area contributed by atoms with Crippen molar-refractivity contribution >= 4 is 47.4 Å². The molecule has 28 heavy (non-hydrogen) atoms. The summed E-state index contributed by atoms with van der Waals surface area (Å²) in [6.45, 7) is 4.22. The Hall–Kier alpha value is -1.80. The number of guanidine groups is 1. The summed E-state index contributed by atoms with van der Waals surface area (Å²) in [7, 11) is 1.64. The van der Waals surface area contributed by atoms with E-state index in [1.807, 2.05) is 55.5 Å². The molecular weight excluding hydrogens is 487 g/mol. The fourth-order valence-electron chi connectivity index (χ4n) is 2.67. The Labute approximate surface area is 189 Å². The topological polar surface area (TPSA) is 65.5 Å². The Morgan fingerprint density at radius 1 is 1.07 bits per heavy atom. The Bertz CT molecular complexity index is 783. The van der Waals surface area contributed by atoms with Crippen LogP contribution in [-0.4, -0.2) is 38.5 Å². The molecule has 2 rings (SSSR count). The van der Waals surface area contributed by atoms with Crippen LogP contribution in [0, 0.1) is 0 Å². The first-order valence-corrected chi connectivity index (χ1v) is 9.58. The van der Waals surface area contributed by atoms with Crippen LogP contribution in [0.1, 0.15) is 28.4 Å². The van der Waals surface area contributed by atoms with Gasteiger partial charge in [-0.2, -0.15) is 0 Å². The predicted molar refractivity (Wildman–Crippen MR) is 128 cm³/mol. The number of carbonyl (C=O) groups excluding carboxylic acids is 1. The number of rotatable bonds is 8. The number of benzene rings is 2. The molecule has 7 heteroatoms. The van der Waals surface area contributed by atoms with Gasteiger partial charge in [-0.15, -0.1) is 24.0 Å². The molecular formula is C21H28ClIN4O. The quantitative estimate of drug-likeness (QED) is 0.286. The molecule has 0 heterocycles. The SMILES string of the molecule is CCNC(=NCCc1ccccc1Cl)NCCc1cccc(C(=O)NC)c1.I. The second kappa shape index (κ2) is 13.4. The van der Waals surface area contributed by atoms with E-state index in [1.54, 1.807) is 7.05 Å². The second-order valence-corrected chi connectivity index (χ2v) is 6.47. The lowest BCUT2D eigenvalue weighted by molar-refractivity contribution is 0.0963. The van der Waals surface area contributed by atoms with E-state index in [9.17, 15) is 4.79 Å². The highest BCUT2D eigenvalue weighted by Crippen LogP contribution is 2.15. The Morgan fingerprint density at radius 2 is 1.86 bits per heavy atom. The number of nitrogens with one attached hydrogen (secondary N) is 3. The van der Waals surface area contributed by atoms with E-state index in [-0.39, 0.29) is 29.9 Å². The summed E-state index contributed by atoms with van der Waals surface area (Å²) in [6.07, 6.45) is 1.60. The number of halogens is 2. The third kappa shape index (κ3) is 8.06. The van der Waals surface area contributed by atoms with Gasteiger partial charge >= 0.3 is 0 Å². The van der Waals surface area contributed by atoms with Gasteiger partial charge in [-0.25, -0.2) is 0 Å². The van der Waals surface area contributed by atoms with E-state index in [2.05, 4.69) is 20.9 Å². The van der Waals surface area contributed by atoms with E-state index < -0.39 is 0 Å². The maximum atomic E-state index is 11.7. The Kier molecular flexibility index (Phi) is 11.6. The van der Waals surface area contributed by atoms with E-state index in [1.165, 1.54) is 0 Å². The van der Waals surface area contributed by atoms with Crippen LogP contribution in [0.2, 0.25) is 5.02 Å². The molecule has 0 fully saturated rings. The number of amides is 1. The lowest BCUT2D eigenvalue weighted by Gasteiger charge is -2.12. The first kappa shape index (κ1) is 24.2. The minimum atomic E-state index is -0.0701. The van der Waals surface area contributed by atoms with Crippen LogP contribution >= 0.6 is 35.6 Å². The lowest BCUT2D eigenvalue weighted by Crippen LogP contribution is -2.38. The van der Waals surface area contributed by atoms with Crippen molar-refractivity contribution < 1.29 is 4.79 Å². The summed E-state index contributed by atoms with van der Waals surface area (Å²) in [6, 6.07) is 15.5.